The summed E-state index contributed by atoms with van der Waals surface area (Å²) in [4.78, 5) is 18.1. The number of benzene rings is 3. The third-order valence-electron chi connectivity index (χ3n) is 6.21. The molecule has 3 nitrogen and oxygen atoms in total. The van der Waals surface area contributed by atoms with Crippen molar-refractivity contribution < 1.29 is 4.79 Å². The molecule has 3 aromatic carbocycles. The number of nitrogens with zero attached hydrogens (tertiary/aromatic N) is 2. The predicted octanol–water partition coefficient (Wildman–Crippen LogP) is 6.08. The van der Waals surface area contributed by atoms with Crippen LogP contribution in [0.3, 0.4) is 0 Å². The number of ketones is 1. The van der Waals surface area contributed by atoms with Crippen LogP contribution in [0.4, 0.5) is 0 Å². The third kappa shape index (κ3) is 2.82. The number of rotatable bonds is 3. The second-order valence-electron chi connectivity index (χ2n) is 8.03. The van der Waals surface area contributed by atoms with E-state index in [1.807, 2.05) is 42.6 Å². The van der Waals surface area contributed by atoms with E-state index in [1.54, 1.807) is 6.20 Å². The quantitative estimate of drug-likeness (QED) is 0.368. The highest BCUT2D eigenvalue weighted by molar-refractivity contribution is 6.15. The van der Waals surface area contributed by atoms with Crippen molar-refractivity contribution in [1.82, 2.24) is 9.55 Å². The zero-order chi connectivity index (χ0) is 20.8. The molecule has 0 radical (unpaired) electrons. The van der Waals surface area contributed by atoms with Gasteiger partial charge in [0.25, 0.3) is 0 Å². The molecule has 148 valence electrons. The van der Waals surface area contributed by atoms with Crippen LogP contribution < -0.4 is 0 Å². The van der Waals surface area contributed by atoms with E-state index in [1.165, 1.54) is 5.56 Å². The number of fused-ring (bicyclic) bond motifs is 2. The van der Waals surface area contributed by atoms with Gasteiger partial charge in [-0.3, -0.25) is 9.78 Å². The van der Waals surface area contributed by atoms with Crippen molar-refractivity contribution in [2.45, 2.75) is 12.5 Å². The van der Waals surface area contributed by atoms with Gasteiger partial charge < -0.3 is 4.57 Å². The molecule has 2 heterocycles. The summed E-state index contributed by atoms with van der Waals surface area (Å²) in [7, 11) is 0. The molecule has 1 aliphatic rings. The largest absolute Gasteiger partial charge is 0.342 e. The van der Waals surface area contributed by atoms with Crippen molar-refractivity contribution >= 4 is 16.7 Å². The molecule has 3 heteroatoms. The van der Waals surface area contributed by atoms with Crippen molar-refractivity contribution in [3.8, 4) is 11.1 Å². The average Bonchev–Trinajstić information content (AvgIpc) is 3.15. The fourth-order valence-corrected chi connectivity index (χ4v) is 4.84. The minimum atomic E-state index is -0.368. The Balaban J connectivity index is 1.66. The molecule has 0 fully saturated rings. The molecule has 5 aromatic rings. The summed E-state index contributed by atoms with van der Waals surface area (Å²) >= 11 is 0. The number of aromatic nitrogens is 2. The van der Waals surface area contributed by atoms with Crippen molar-refractivity contribution in [3.05, 3.63) is 126 Å². The molecule has 0 saturated heterocycles. The summed E-state index contributed by atoms with van der Waals surface area (Å²) in [6.07, 6.45) is 5.77. The SMILES string of the molecule is O=C1c2ccccc2-c2cn(Cc3ccccc3)c3cccc(c23)C1c1cccnc1. The first-order valence-corrected chi connectivity index (χ1v) is 10.5. The number of hydrogen-bond acceptors (Lipinski definition) is 2. The Morgan fingerprint density at radius 1 is 0.774 bits per heavy atom. The zero-order valence-electron chi connectivity index (χ0n) is 16.9. The van der Waals surface area contributed by atoms with E-state index in [-0.39, 0.29) is 11.7 Å². The molecular formula is C28H20N2O. The Labute approximate surface area is 180 Å². The van der Waals surface area contributed by atoms with Gasteiger partial charge in [0.1, 0.15) is 0 Å². The molecule has 0 amide bonds. The Bertz CT molecular complexity index is 1420. The summed E-state index contributed by atoms with van der Waals surface area (Å²) < 4.78 is 2.30. The number of carbonyl (C=O) groups excluding carboxylic acids is 1. The van der Waals surface area contributed by atoms with Gasteiger partial charge in [0.15, 0.2) is 5.78 Å². The highest BCUT2D eigenvalue weighted by Crippen LogP contribution is 2.44. The van der Waals surface area contributed by atoms with Crippen molar-refractivity contribution in [3.63, 3.8) is 0 Å². The zero-order valence-corrected chi connectivity index (χ0v) is 16.9. The lowest BCUT2D eigenvalue weighted by molar-refractivity contribution is 0.0975. The fourth-order valence-electron chi connectivity index (χ4n) is 4.84. The minimum Gasteiger partial charge on any atom is -0.342 e. The highest BCUT2D eigenvalue weighted by Gasteiger charge is 2.33. The lowest BCUT2D eigenvalue weighted by Crippen LogP contribution is -2.14. The van der Waals surface area contributed by atoms with Gasteiger partial charge in [0.05, 0.1) is 5.92 Å². The molecule has 0 N–H and O–H groups in total. The average molecular weight is 400 g/mol. The standard InChI is InChI=1S/C28H20N2O/c31-28-22-12-5-4-11-21(22)24-18-30(17-19-8-2-1-3-9-19)25-14-6-13-23(27(24)25)26(28)20-10-7-15-29-16-20/h1-16,18,26H,17H2. The van der Waals surface area contributed by atoms with Crippen molar-refractivity contribution in [2.75, 3.05) is 0 Å². The van der Waals surface area contributed by atoms with Gasteiger partial charge in [-0.15, -0.1) is 0 Å². The molecule has 0 bridgehead atoms. The Kier molecular flexibility index (Phi) is 4.07. The molecule has 2 aromatic heterocycles. The van der Waals surface area contributed by atoms with Crippen LogP contribution in [0.2, 0.25) is 0 Å². The molecule has 0 aliphatic heterocycles. The van der Waals surface area contributed by atoms with Crippen LogP contribution in [0, 0.1) is 0 Å². The van der Waals surface area contributed by atoms with Gasteiger partial charge in [-0.05, 0) is 34.4 Å². The van der Waals surface area contributed by atoms with Gasteiger partial charge in [-0.1, -0.05) is 72.8 Å². The molecule has 1 aliphatic carbocycles. The van der Waals surface area contributed by atoms with Gasteiger partial charge in [-0.25, -0.2) is 0 Å². The molecule has 0 saturated carbocycles. The van der Waals surface area contributed by atoms with E-state index >= 15 is 0 Å². The summed E-state index contributed by atoms with van der Waals surface area (Å²) in [6, 6.07) is 28.7. The summed E-state index contributed by atoms with van der Waals surface area (Å²) in [5, 5.41) is 1.16. The van der Waals surface area contributed by atoms with Gasteiger partial charge in [-0.2, -0.15) is 0 Å². The Morgan fingerprint density at radius 2 is 1.58 bits per heavy atom. The predicted molar refractivity (Wildman–Crippen MR) is 123 cm³/mol. The van der Waals surface area contributed by atoms with Crippen LogP contribution in [0.1, 0.15) is 33.0 Å². The summed E-state index contributed by atoms with van der Waals surface area (Å²) in [5.74, 6) is -0.241. The first kappa shape index (κ1) is 17.8. The highest BCUT2D eigenvalue weighted by atomic mass is 16.1. The van der Waals surface area contributed by atoms with E-state index in [2.05, 4.69) is 64.3 Å². The molecule has 6 rings (SSSR count). The Hall–Kier alpha value is -3.98. The van der Waals surface area contributed by atoms with Crippen LogP contribution in [-0.2, 0) is 6.54 Å². The maximum atomic E-state index is 13.8. The van der Waals surface area contributed by atoms with Crippen LogP contribution >= 0.6 is 0 Å². The molecular weight excluding hydrogens is 380 g/mol. The van der Waals surface area contributed by atoms with Crippen molar-refractivity contribution in [2.24, 2.45) is 0 Å². The molecule has 0 spiro atoms. The molecule has 31 heavy (non-hydrogen) atoms. The fraction of sp³-hybridized carbons (Fsp3) is 0.0714. The second kappa shape index (κ2) is 7.06. The van der Waals surface area contributed by atoms with Crippen molar-refractivity contribution in [1.29, 1.82) is 0 Å². The first-order valence-electron chi connectivity index (χ1n) is 10.5. The first-order chi connectivity index (χ1) is 15.3. The number of Topliss-reactive ketones (excluding diaryl/α,β-unsaturated/α-hetero) is 1. The van der Waals surface area contributed by atoms with E-state index < -0.39 is 0 Å². The van der Waals surface area contributed by atoms with Gasteiger partial charge in [0, 0.05) is 47.2 Å². The minimum absolute atomic E-state index is 0.127. The lowest BCUT2D eigenvalue weighted by Gasteiger charge is -2.17. The van der Waals surface area contributed by atoms with Gasteiger partial charge >= 0.3 is 0 Å². The monoisotopic (exact) mass is 400 g/mol. The molecule has 1 unspecified atom stereocenters. The maximum Gasteiger partial charge on any atom is 0.175 e. The van der Waals surface area contributed by atoms with E-state index in [0.717, 1.165) is 45.3 Å². The number of carbonyl (C=O) groups is 1. The van der Waals surface area contributed by atoms with E-state index in [9.17, 15) is 4.79 Å². The van der Waals surface area contributed by atoms with E-state index in [4.69, 9.17) is 0 Å². The second-order valence-corrected chi connectivity index (χ2v) is 8.03. The van der Waals surface area contributed by atoms with Crippen LogP contribution in [0.5, 0.6) is 0 Å². The lowest BCUT2D eigenvalue weighted by atomic mass is 9.85. The number of hydrogen-bond donors (Lipinski definition) is 0. The van der Waals surface area contributed by atoms with Gasteiger partial charge in [0.2, 0.25) is 0 Å². The van der Waals surface area contributed by atoms with Crippen LogP contribution in [-0.4, -0.2) is 15.3 Å². The third-order valence-corrected chi connectivity index (χ3v) is 6.21. The van der Waals surface area contributed by atoms with E-state index in [0.29, 0.717) is 0 Å². The van der Waals surface area contributed by atoms with Crippen LogP contribution in [0.15, 0.2) is 104 Å². The molecule has 1 atom stereocenters. The van der Waals surface area contributed by atoms with Crippen LogP contribution in [0.25, 0.3) is 22.0 Å². The summed E-state index contributed by atoms with van der Waals surface area (Å²) in [6.45, 7) is 0.786. The smallest absolute Gasteiger partial charge is 0.175 e. The Morgan fingerprint density at radius 3 is 2.39 bits per heavy atom. The maximum absolute atomic E-state index is 13.8. The normalized spacial score (nSPS) is 15.0. The topological polar surface area (TPSA) is 34.9 Å². The summed E-state index contributed by atoms with van der Waals surface area (Å²) in [5.41, 5.74) is 7.27. The number of pyridine rings is 1.